The Labute approximate surface area is 133 Å². The number of sulfonamides is 1. The first-order valence-corrected chi connectivity index (χ1v) is 8.76. The van der Waals surface area contributed by atoms with Gasteiger partial charge in [0, 0.05) is 5.54 Å². The summed E-state index contributed by atoms with van der Waals surface area (Å²) in [7, 11) is -3.62. The van der Waals surface area contributed by atoms with Gasteiger partial charge in [0.1, 0.15) is 0 Å². The van der Waals surface area contributed by atoms with Crippen LogP contribution in [0.25, 0.3) is 0 Å². The zero-order valence-corrected chi connectivity index (χ0v) is 14.6. The number of benzene rings is 2. The molecule has 0 saturated heterocycles. The van der Waals surface area contributed by atoms with Crippen molar-refractivity contribution >= 4 is 15.7 Å². The summed E-state index contributed by atoms with van der Waals surface area (Å²) >= 11 is 0. The predicted molar refractivity (Wildman–Crippen MR) is 91.8 cm³/mol. The number of hydrogen-bond donors (Lipinski definition) is 0. The Hall–Kier alpha value is -1.81. The number of hydrogen-bond acceptors (Lipinski definition) is 2. The first-order valence-electron chi connectivity index (χ1n) is 7.32. The smallest absolute Gasteiger partial charge is 0.261 e. The fraction of sp³-hybridized carbons (Fsp3) is 0.333. The number of nitrogens with zero attached hydrogens (tertiary/aromatic N) is 1. The third kappa shape index (κ3) is 3.17. The second-order valence-electron chi connectivity index (χ2n) is 6.54. The summed E-state index contributed by atoms with van der Waals surface area (Å²) in [5.41, 5.74) is 2.14. The van der Waals surface area contributed by atoms with Gasteiger partial charge in [0.25, 0.3) is 10.0 Å². The molecule has 0 aliphatic rings. The van der Waals surface area contributed by atoms with E-state index < -0.39 is 15.6 Å². The Morgan fingerprint density at radius 1 is 0.864 bits per heavy atom. The van der Waals surface area contributed by atoms with Gasteiger partial charge in [-0.2, -0.15) is 0 Å². The Bertz CT molecular complexity index is 756. The molecule has 0 N–H and O–H groups in total. The molecule has 0 aromatic heterocycles. The minimum absolute atomic E-state index is 0.316. The molecule has 4 heteroatoms. The summed E-state index contributed by atoms with van der Waals surface area (Å²) in [5, 5.41) is 0. The quantitative estimate of drug-likeness (QED) is 0.846. The molecule has 0 fully saturated rings. The molecule has 2 aromatic carbocycles. The van der Waals surface area contributed by atoms with Crippen LogP contribution in [0.3, 0.4) is 0 Å². The summed E-state index contributed by atoms with van der Waals surface area (Å²) in [6, 6.07) is 14.6. The van der Waals surface area contributed by atoms with Crippen molar-refractivity contribution < 1.29 is 8.42 Å². The van der Waals surface area contributed by atoms with Crippen LogP contribution >= 0.6 is 0 Å². The van der Waals surface area contributed by atoms with E-state index in [1.807, 2.05) is 71.0 Å². The lowest BCUT2D eigenvalue weighted by atomic mass is 10.1. The lowest BCUT2D eigenvalue weighted by molar-refractivity contribution is 0.535. The molecule has 0 amide bonds. The van der Waals surface area contributed by atoms with Crippen LogP contribution in [0.15, 0.2) is 53.4 Å². The fourth-order valence-electron chi connectivity index (χ4n) is 2.46. The molecular weight excluding hydrogens is 294 g/mol. The van der Waals surface area contributed by atoms with E-state index >= 15 is 0 Å². The second kappa shape index (κ2) is 5.76. The average molecular weight is 317 g/mol. The van der Waals surface area contributed by atoms with E-state index in [1.165, 1.54) is 4.31 Å². The van der Waals surface area contributed by atoms with Gasteiger partial charge in [-0.25, -0.2) is 8.42 Å². The van der Waals surface area contributed by atoms with E-state index in [9.17, 15) is 8.42 Å². The highest BCUT2D eigenvalue weighted by Crippen LogP contribution is 2.33. The molecule has 2 rings (SSSR count). The van der Waals surface area contributed by atoms with Gasteiger partial charge in [0.05, 0.1) is 10.6 Å². The highest BCUT2D eigenvalue weighted by atomic mass is 32.2. The third-order valence-corrected chi connectivity index (χ3v) is 5.60. The van der Waals surface area contributed by atoms with Crippen molar-refractivity contribution in [3.63, 3.8) is 0 Å². The van der Waals surface area contributed by atoms with E-state index in [-0.39, 0.29) is 0 Å². The van der Waals surface area contributed by atoms with Gasteiger partial charge in [-0.15, -0.1) is 0 Å². The second-order valence-corrected chi connectivity index (χ2v) is 8.33. The zero-order valence-electron chi connectivity index (χ0n) is 13.8. The van der Waals surface area contributed by atoms with Crippen molar-refractivity contribution in [3.05, 3.63) is 59.7 Å². The SMILES string of the molecule is Cc1ccc(S(=O)(=O)N(c2ccccc2C)C(C)(C)C)cc1. The van der Waals surface area contributed by atoms with Gasteiger partial charge in [0.15, 0.2) is 0 Å². The van der Waals surface area contributed by atoms with Gasteiger partial charge in [-0.05, 0) is 58.4 Å². The molecule has 0 unspecified atom stereocenters. The van der Waals surface area contributed by atoms with Crippen LogP contribution in [-0.2, 0) is 10.0 Å². The Morgan fingerprint density at radius 3 is 1.91 bits per heavy atom. The zero-order chi connectivity index (χ0) is 16.5. The number of anilines is 1. The van der Waals surface area contributed by atoms with Crippen LogP contribution in [-0.4, -0.2) is 14.0 Å². The molecule has 2 aromatic rings. The number of rotatable bonds is 3. The van der Waals surface area contributed by atoms with Crippen LogP contribution in [0, 0.1) is 13.8 Å². The molecule has 0 atom stereocenters. The fourth-order valence-corrected chi connectivity index (χ4v) is 4.33. The van der Waals surface area contributed by atoms with Crippen LogP contribution in [0.2, 0.25) is 0 Å². The molecule has 0 spiro atoms. The summed E-state index contributed by atoms with van der Waals surface area (Å²) in [5.74, 6) is 0. The molecule has 0 bridgehead atoms. The van der Waals surface area contributed by atoms with Crippen molar-refractivity contribution in [2.45, 2.75) is 45.1 Å². The van der Waals surface area contributed by atoms with Gasteiger partial charge >= 0.3 is 0 Å². The summed E-state index contributed by atoms with van der Waals surface area (Å²) in [6.45, 7) is 9.60. The summed E-state index contributed by atoms with van der Waals surface area (Å²) in [4.78, 5) is 0.316. The van der Waals surface area contributed by atoms with Crippen molar-refractivity contribution in [3.8, 4) is 0 Å². The molecule has 3 nitrogen and oxygen atoms in total. The van der Waals surface area contributed by atoms with Crippen molar-refractivity contribution in [2.75, 3.05) is 4.31 Å². The first kappa shape index (κ1) is 16.6. The third-order valence-electron chi connectivity index (χ3n) is 3.50. The molecule has 0 radical (unpaired) electrons. The molecule has 0 aliphatic carbocycles. The lowest BCUT2D eigenvalue weighted by Crippen LogP contribution is -2.46. The van der Waals surface area contributed by atoms with Crippen molar-refractivity contribution in [1.82, 2.24) is 0 Å². The highest BCUT2D eigenvalue weighted by Gasteiger charge is 2.34. The van der Waals surface area contributed by atoms with Crippen molar-refractivity contribution in [2.24, 2.45) is 0 Å². The van der Waals surface area contributed by atoms with Gasteiger partial charge < -0.3 is 0 Å². The first-order chi connectivity index (χ1) is 10.1. The standard InChI is InChI=1S/C18H23NO2S/c1-14-10-12-16(13-11-14)22(20,21)19(18(3,4)5)17-9-7-6-8-15(17)2/h6-13H,1-5H3. The molecule has 22 heavy (non-hydrogen) atoms. The van der Waals surface area contributed by atoms with Crippen LogP contribution in [0.5, 0.6) is 0 Å². The minimum atomic E-state index is -3.62. The van der Waals surface area contributed by atoms with Crippen LogP contribution in [0.1, 0.15) is 31.9 Å². The van der Waals surface area contributed by atoms with E-state index in [0.717, 1.165) is 16.8 Å². The van der Waals surface area contributed by atoms with E-state index in [2.05, 4.69) is 0 Å². The normalized spacial score (nSPS) is 12.2. The maximum atomic E-state index is 13.2. The number of aryl methyl sites for hydroxylation is 2. The highest BCUT2D eigenvalue weighted by molar-refractivity contribution is 7.93. The molecule has 118 valence electrons. The predicted octanol–water partition coefficient (Wildman–Crippen LogP) is 4.30. The minimum Gasteiger partial charge on any atom is -0.261 e. The molecule has 0 aliphatic heterocycles. The Balaban J connectivity index is 2.65. The van der Waals surface area contributed by atoms with Crippen molar-refractivity contribution in [1.29, 1.82) is 0 Å². The van der Waals surface area contributed by atoms with Gasteiger partial charge in [0.2, 0.25) is 0 Å². The maximum absolute atomic E-state index is 13.2. The van der Waals surface area contributed by atoms with Crippen LogP contribution < -0.4 is 4.31 Å². The van der Waals surface area contributed by atoms with Gasteiger partial charge in [-0.1, -0.05) is 35.9 Å². The molecular formula is C18H23NO2S. The Kier molecular flexibility index (Phi) is 4.34. The van der Waals surface area contributed by atoms with Crippen LogP contribution in [0.4, 0.5) is 5.69 Å². The van der Waals surface area contributed by atoms with E-state index in [0.29, 0.717) is 4.90 Å². The Morgan fingerprint density at radius 2 is 1.41 bits per heavy atom. The van der Waals surface area contributed by atoms with Gasteiger partial charge in [-0.3, -0.25) is 4.31 Å². The van der Waals surface area contributed by atoms with E-state index in [4.69, 9.17) is 0 Å². The summed E-state index contributed by atoms with van der Waals surface area (Å²) < 4.78 is 27.9. The average Bonchev–Trinajstić information content (AvgIpc) is 2.40. The monoisotopic (exact) mass is 317 g/mol. The largest absolute Gasteiger partial charge is 0.264 e. The number of para-hydroxylation sites is 1. The molecule has 0 heterocycles. The lowest BCUT2D eigenvalue weighted by Gasteiger charge is -2.37. The summed E-state index contributed by atoms with van der Waals surface area (Å²) in [6.07, 6.45) is 0. The maximum Gasteiger partial charge on any atom is 0.264 e. The topological polar surface area (TPSA) is 37.4 Å². The molecule has 0 saturated carbocycles. The van der Waals surface area contributed by atoms with E-state index in [1.54, 1.807) is 12.1 Å².